The zero-order chi connectivity index (χ0) is 11.0. The maximum Gasteiger partial charge on any atom is 0.240 e. The third-order valence-electron chi connectivity index (χ3n) is 2.24. The maximum absolute atomic E-state index is 5.55. The molecule has 78 valence electrons. The van der Waals surface area contributed by atoms with E-state index in [1.54, 1.807) is 4.68 Å². The number of hydrogen-bond donors (Lipinski definition) is 1. The zero-order valence-electron chi connectivity index (χ0n) is 9.15. The molecule has 0 spiro atoms. The Bertz CT molecular complexity index is 479. The molecule has 1 aromatic heterocycles. The standard InChI is InChI=1S/C11H14N4/c1-7-4-8(2)6-10(5-7)15-9(3)13-11(12)14-15/h4-6H,1-3H3,(H2,12,14). The van der Waals surface area contributed by atoms with Crippen molar-refractivity contribution in [2.24, 2.45) is 0 Å². The van der Waals surface area contributed by atoms with Crippen LogP contribution in [0.1, 0.15) is 17.0 Å². The van der Waals surface area contributed by atoms with E-state index in [4.69, 9.17) is 5.73 Å². The number of anilines is 1. The Hall–Kier alpha value is -1.84. The summed E-state index contributed by atoms with van der Waals surface area (Å²) in [5.41, 5.74) is 8.97. The van der Waals surface area contributed by atoms with Crippen molar-refractivity contribution in [1.29, 1.82) is 0 Å². The minimum Gasteiger partial charge on any atom is -0.366 e. The summed E-state index contributed by atoms with van der Waals surface area (Å²) in [6, 6.07) is 6.25. The fourth-order valence-corrected chi connectivity index (χ4v) is 1.73. The van der Waals surface area contributed by atoms with Crippen molar-refractivity contribution in [3.8, 4) is 5.69 Å². The SMILES string of the molecule is Cc1cc(C)cc(-n2nc(N)nc2C)c1. The Balaban J connectivity index is 2.58. The summed E-state index contributed by atoms with van der Waals surface area (Å²) < 4.78 is 1.76. The van der Waals surface area contributed by atoms with Gasteiger partial charge in [-0.15, -0.1) is 5.10 Å². The highest BCUT2D eigenvalue weighted by molar-refractivity contribution is 5.40. The van der Waals surface area contributed by atoms with Gasteiger partial charge >= 0.3 is 0 Å². The highest BCUT2D eigenvalue weighted by Crippen LogP contribution is 2.14. The van der Waals surface area contributed by atoms with E-state index in [9.17, 15) is 0 Å². The van der Waals surface area contributed by atoms with Gasteiger partial charge in [0.15, 0.2) is 0 Å². The van der Waals surface area contributed by atoms with Crippen LogP contribution in [0.25, 0.3) is 5.69 Å². The lowest BCUT2D eigenvalue weighted by atomic mass is 10.1. The van der Waals surface area contributed by atoms with Crippen LogP contribution in [0.5, 0.6) is 0 Å². The molecule has 0 atom stereocenters. The Kier molecular flexibility index (Phi) is 2.19. The number of nitrogens with two attached hydrogens (primary N) is 1. The van der Waals surface area contributed by atoms with Crippen molar-refractivity contribution < 1.29 is 0 Å². The molecule has 0 radical (unpaired) electrons. The van der Waals surface area contributed by atoms with Crippen LogP contribution in [-0.2, 0) is 0 Å². The van der Waals surface area contributed by atoms with E-state index in [1.165, 1.54) is 11.1 Å². The van der Waals surface area contributed by atoms with Gasteiger partial charge in [-0.1, -0.05) is 6.07 Å². The number of aryl methyl sites for hydroxylation is 3. The molecule has 0 fully saturated rings. The molecule has 0 unspecified atom stereocenters. The minimum atomic E-state index is 0.312. The van der Waals surface area contributed by atoms with Crippen LogP contribution in [0, 0.1) is 20.8 Å². The summed E-state index contributed by atoms with van der Waals surface area (Å²) in [5.74, 6) is 1.11. The van der Waals surface area contributed by atoms with E-state index in [1.807, 2.05) is 6.92 Å². The molecule has 2 rings (SSSR count). The van der Waals surface area contributed by atoms with Gasteiger partial charge in [0, 0.05) is 0 Å². The second kappa shape index (κ2) is 3.38. The smallest absolute Gasteiger partial charge is 0.240 e. The number of rotatable bonds is 1. The summed E-state index contributed by atoms with van der Waals surface area (Å²) in [5, 5.41) is 4.15. The molecule has 0 amide bonds. The predicted molar refractivity (Wildman–Crippen MR) is 60.0 cm³/mol. The van der Waals surface area contributed by atoms with Crippen LogP contribution < -0.4 is 5.73 Å². The van der Waals surface area contributed by atoms with Gasteiger partial charge in [-0.25, -0.2) is 4.68 Å². The Morgan fingerprint density at radius 1 is 1.07 bits per heavy atom. The average molecular weight is 202 g/mol. The molecule has 2 N–H and O–H groups in total. The lowest BCUT2D eigenvalue weighted by Gasteiger charge is -2.05. The number of hydrogen-bond acceptors (Lipinski definition) is 3. The Morgan fingerprint density at radius 2 is 1.67 bits per heavy atom. The quantitative estimate of drug-likeness (QED) is 0.766. The van der Waals surface area contributed by atoms with Crippen molar-refractivity contribution in [2.75, 3.05) is 5.73 Å². The first-order valence-corrected chi connectivity index (χ1v) is 4.84. The first-order valence-electron chi connectivity index (χ1n) is 4.84. The van der Waals surface area contributed by atoms with Crippen LogP contribution in [0.4, 0.5) is 5.95 Å². The number of benzene rings is 1. The van der Waals surface area contributed by atoms with Crippen molar-refractivity contribution in [3.05, 3.63) is 35.2 Å². The highest BCUT2D eigenvalue weighted by atomic mass is 15.4. The van der Waals surface area contributed by atoms with E-state index in [2.05, 4.69) is 42.1 Å². The minimum absolute atomic E-state index is 0.312. The van der Waals surface area contributed by atoms with Crippen LogP contribution in [0.2, 0.25) is 0 Å². The second-order valence-corrected chi connectivity index (χ2v) is 3.77. The van der Waals surface area contributed by atoms with Gasteiger partial charge in [0.1, 0.15) is 5.82 Å². The van der Waals surface area contributed by atoms with E-state index in [0.717, 1.165) is 11.5 Å². The molecule has 2 aromatic rings. The monoisotopic (exact) mass is 202 g/mol. The van der Waals surface area contributed by atoms with E-state index in [0.29, 0.717) is 5.95 Å². The molecule has 15 heavy (non-hydrogen) atoms. The Morgan fingerprint density at radius 3 is 2.13 bits per heavy atom. The number of nitrogen functional groups attached to an aromatic ring is 1. The highest BCUT2D eigenvalue weighted by Gasteiger charge is 2.05. The van der Waals surface area contributed by atoms with Crippen molar-refractivity contribution in [2.45, 2.75) is 20.8 Å². The normalized spacial score (nSPS) is 10.6. The largest absolute Gasteiger partial charge is 0.366 e. The average Bonchev–Trinajstić information content (AvgIpc) is 2.43. The third-order valence-corrected chi connectivity index (χ3v) is 2.24. The lowest BCUT2D eigenvalue weighted by molar-refractivity contribution is 0.840. The van der Waals surface area contributed by atoms with E-state index in [-0.39, 0.29) is 0 Å². The molecule has 0 aliphatic rings. The topological polar surface area (TPSA) is 56.7 Å². The molecular weight excluding hydrogens is 188 g/mol. The van der Waals surface area contributed by atoms with Gasteiger partial charge in [-0.2, -0.15) is 4.98 Å². The van der Waals surface area contributed by atoms with E-state index >= 15 is 0 Å². The summed E-state index contributed by atoms with van der Waals surface area (Å²) in [6.07, 6.45) is 0. The summed E-state index contributed by atoms with van der Waals surface area (Å²) in [7, 11) is 0. The molecule has 1 aromatic carbocycles. The van der Waals surface area contributed by atoms with Crippen molar-refractivity contribution in [3.63, 3.8) is 0 Å². The first-order chi connectivity index (χ1) is 7.06. The molecule has 4 nitrogen and oxygen atoms in total. The fraction of sp³-hybridized carbons (Fsp3) is 0.273. The van der Waals surface area contributed by atoms with Crippen LogP contribution in [-0.4, -0.2) is 14.8 Å². The lowest BCUT2D eigenvalue weighted by Crippen LogP contribution is -2.00. The summed E-state index contributed by atoms with van der Waals surface area (Å²) in [6.45, 7) is 6.01. The zero-order valence-corrected chi connectivity index (χ0v) is 9.15. The van der Waals surface area contributed by atoms with Gasteiger partial charge in [0.05, 0.1) is 5.69 Å². The molecule has 0 saturated heterocycles. The van der Waals surface area contributed by atoms with Crippen molar-refractivity contribution >= 4 is 5.95 Å². The summed E-state index contributed by atoms with van der Waals surface area (Å²) >= 11 is 0. The molecule has 4 heteroatoms. The van der Waals surface area contributed by atoms with Crippen LogP contribution >= 0.6 is 0 Å². The predicted octanol–water partition coefficient (Wildman–Crippen LogP) is 1.77. The van der Waals surface area contributed by atoms with E-state index < -0.39 is 0 Å². The van der Waals surface area contributed by atoms with Gasteiger partial charge in [-0.05, 0) is 44.0 Å². The van der Waals surface area contributed by atoms with Crippen LogP contribution in [0.15, 0.2) is 18.2 Å². The second-order valence-electron chi connectivity index (χ2n) is 3.77. The van der Waals surface area contributed by atoms with Gasteiger partial charge in [-0.3, -0.25) is 0 Å². The first kappa shape index (κ1) is 9.71. The molecule has 0 saturated carbocycles. The molecular formula is C11H14N4. The van der Waals surface area contributed by atoms with Gasteiger partial charge in [0.2, 0.25) is 5.95 Å². The van der Waals surface area contributed by atoms with Crippen LogP contribution in [0.3, 0.4) is 0 Å². The van der Waals surface area contributed by atoms with Crippen molar-refractivity contribution in [1.82, 2.24) is 14.8 Å². The fourth-order valence-electron chi connectivity index (χ4n) is 1.73. The molecule has 0 aliphatic carbocycles. The Labute approximate surface area is 88.8 Å². The maximum atomic E-state index is 5.55. The third kappa shape index (κ3) is 1.83. The molecule has 1 heterocycles. The van der Waals surface area contributed by atoms with Gasteiger partial charge < -0.3 is 5.73 Å². The molecule has 0 aliphatic heterocycles. The number of aromatic nitrogens is 3. The number of nitrogens with zero attached hydrogens (tertiary/aromatic N) is 3. The summed E-state index contributed by atoms with van der Waals surface area (Å²) in [4.78, 5) is 4.08. The van der Waals surface area contributed by atoms with Gasteiger partial charge in [0.25, 0.3) is 0 Å². The molecule has 0 bridgehead atoms.